The van der Waals surface area contributed by atoms with Crippen molar-refractivity contribution < 1.29 is 9.66 Å². The van der Waals surface area contributed by atoms with Crippen molar-refractivity contribution in [3.8, 4) is 0 Å². The van der Waals surface area contributed by atoms with Gasteiger partial charge in [-0.15, -0.1) is 4.72 Å². The van der Waals surface area contributed by atoms with Crippen LogP contribution in [-0.4, -0.2) is 33.3 Å². The third kappa shape index (κ3) is 3.95. The van der Waals surface area contributed by atoms with Crippen molar-refractivity contribution in [2.24, 2.45) is 0 Å². The van der Waals surface area contributed by atoms with E-state index in [0.29, 0.717) is 25.7 Å². The molecular formula is C11H22BNO2S. The Morgan fingerprint density at radius 2 is 1.69 bits per heavy atom. The standard InChI is InChI=1S/C11H22BNO2S/c1-9(2,3)16(15)13-11(12)7-5-10(4,14)6-8-11/h13-14H,5-8H2,1-4H3. The zero-order valence-corrected chi connectivity index (χ0v) is 11.5. The first kappa shape index (κ1) is 14.4. The maximum atomic E-state index is 12.0. The molecule has 0 aromatic carbocycles. The molecule has 5 heteroatoms. The van der Waals surface area contributed by atoms with Gasteiger partial charge in [-0.05, 0) is 53.4 Å². The highest BCUT2D eigenvalue weighted by molar-refractivity contribution is 7.90. The Morgan fingerprint density at radius 3 is 2.06 bits per heavy atom. The average molecular weight is 243 g/mol. The van der Waals surface area contributed by atoms with Gasteiger partial charge in [0.25, 0.3) is 0 Å². The summed E-state index contributed by atoms with van der Waals surface area (Å²) in [5, 5.41) is 9.84. The molecule has 0 heterocycles. The Balaban J connectivity index is 2.55. The first-order valence-electron chi connectivity index (χ1n) is 5.75. The van der Waals surface area contributed by atoms with Crippen LogP contribution < -0.4 is 4.72 Å². The molecule has 0 aromatic heterocycles. The van der Waals surface area contributed by atoms with E-state index in [1.165, 1.54) is 0 Å². The van der Waals surface area contributed by atoms with Gasteiger partial charge in [0.2, 0.25) is 0 Å². The lowest BCUT2D eigenvalue weighted by Crippen LogP contribution is -2.57. The van der Waals surface area contributed by atoms with Crippen molar-refractivity contribution in [3.05, 3.63) is 0 Å². The average Bonchev–Trinajstić information content (AvgIpc) is 2.10. The fourth-order valence-corrected chi connectivity index (χ4v) is 2.55. The Hall–Kier alpha value is 0.295. The van der Waals surface area contributed by atoms with Gasteiger partial charge in [0.05, 0.1) is 5.60 Å². The molecule has 16 heavy (non-hydrogen) atoms. The van der Waals surface area contributed by atoms with Crippen molar-refractivity contribution in [3.63, 3.8) is 0 Å². The van der Waals surface area contributed by atoms with Crippen LogP contribution in [0, 0.1) is 0 Å². The summed E-state index contributed by atoms with van der Waals surface area (Å²) < 4.78 is 14.7. The van der Waals surface area contributed by atoms with Crippen LogP contribution >= 0.6 is 0 Å². The minimum atomic E-state index is -1.16. The summed E-state index contributed by atoms with van der Waals surface area (Å²) in [6.07, 6.45) is 2.61. The molecule has 3 nitrogen and oxygen atoms in total. The molecule has 1 fully saturated rings. The van der Waals surface area contributed by atoms with Gasteiger partial charge < -0.3 is 9.66 Å². The number of rotatable bonds is 2. The first-order valence-corrected chi connectivity index (χ1v) is 6.90. The molecule has 0 aromatic rings. The molecule has 1 aliphatic carbocycles. The van der Waals surface area contributed by atoms with Crippen LogP contribution in [0.5, 0.6) is 0 Å². The highest BCUT2D eigenvalue weighted by atomic mass is 32.2. The van der Waals surface area contributed by atoms with Gasteiger partial charge in [0, 0.05) is 16.8 Å². The van der Waals surface area contributed by atoms with Crippen molar-refractivity contribution >= 4 is 19.2 Å². The molecule has 2 N–H and O–H groups in total. The summed E-state index contributed by atoms with van der Waals surface area (Å²) in [6.45, 7) is 7.57. The molecule has 2 radical (unpaired) electrons. The van der Waals surface area contributed by atoms with Crippen LogP contribution in [0.15, 0.2) is 0 Å². The fraction of sp³-hybridized carbons (Fsp3) is 1.00. The van der Waals surface area contributed by atoms with E-state index in [4.69, 9.17) is 7.85 Å². The number of nitrogens with one attached hydrogen (secondary N) is 1. The van der Waals surface area contributed by atoms with Gasteiger partial charge in [-0.25, -0.2) is 0 Å². The molecule has 1 saturated carbocycles. The topological polar surface area (TPSA) is 55.3 Å². The first-order chi connectivity index (χ1) is 7.04. The highest BCUT2D eigenvalue weighted by Crippen LogP contribution is 2.34. The number of hydrogen-bond acceptors (Lipinski definition) is 3. The lowest BCUT2D eigenvalue weighted by Gasteiger charge is -2.42. The quantitative estimate of drug-likeness (QED) is 0.566. The fourth-order valence-electron chi connectivity index (χ4n) is 1.67. The van der Waals surface area contributed by atoms with E-state index in [1.807, 2.05) is 27.7 Å². The third-order valence-electron chi connectivity index (χ3n) is 3.07. The Morgan fingerprint density at radius 1 is 1.25 bits per heavy atom. The van der Waals surface area contributed by atoms with E-state index >= 15 is 0 Å². The Kier molecular flexibility index (Phi) is 4.06. The van der Waals surface area contributed by atoms with E-state index in [0.717, 1.165) is 0 Å². The molecular weight excluding hydrogens is 221 g/mol. The van der Waals surface area contributed by atoms with E-state index < -0.39 is 22.4 Å². The maximum absolute atomic E-state index is 12.0. The van der Waals surface area contributed by atoms with Gasteiger partial charge in [0.15, 0.2) is 0 Å². The minimum absolute atomic E-state index is 0.313. The summed E-state index contributed by atoms with van der Waals surface area (Å²) >= 11 is -1.16. The number of aliphatic hydroxyl groups is 1. The normalized spacial score (nSPS) is 38.4. The van der Waals surface area contributed by atoms with Gasteiger partial charge in [0.1, 0.15) is 12.6 Å². The van der Waals surface area contributed by atoms with Crippen LogP contribution in [0.4, 0.5) is 0 Å². The van der Waals surface area contributed by atoms with Crippen molar-refractivity contribution in [2.45, 2.75) is 69.2 Å². The van der Waals surface area contributed by atoms with Crippen LogP contribution in [0.1, 0.15) is 53.4 Å². The van der Waals surface area contributed by atoms with Crippen LogP contribution in [0.3, 0.4) is 0 Å². The third-order valence-corrected chi connectivity index (χ3v) is 4.78. The molecule has 92 valence electrons. The molecule has 1 atom stereocenters. The summed E-state index contributed by atoms with van der Waals surface area (Å²) in [7, 11) is 6.16. The lowest BCUT2D eigenvalue weighted by molar-refractivity contribution is 0.0111. The van der Waals surface area contributed by atoms with Crippen molar-refractivity contribution in [2.75, 3.05) is 0 Å². The van der Waals surface area contributed by atoms with Gasteiger partial charge in [-0.3, -0.25) is 0 Å². The number of hydrogen-bond donors (Lipinski definition) is 2. The zero-order valence-electron chi connectivity index (χ0n) is 10.7. The predicted octanol–water partition coefficient (Wildman–Crippen LogP) is 1.23. The lowest BCUT2D eigenvalue weighted by atomic mass is 9.65. The van der Waals surface area contributed by atoms with Crippen LogP contribution in [0.2, 0.25) is 0 Å². The van der Waals surface area contributed by atoms with E-state index in [2.05, 4.69) is 4.72 Å². The predicted molar refractivity (Wildman–Crippen MR) is 68.6 cm³/mol. The smallest absolute Gasteiger partial charge is 0.136 e. The maximum Gasteiger partial charge on any atom is 0.136 e. The van der Waals surface area contributed by atoms with Gasteiger partial charge >= 0.3 is 0 Å². The largest absolute Gasteiger partial charge is 0.598 e. The molecule has 0 aliphatic heterocycles. The van der Waals surface area contributed by atoms with E-state index in [9.17, 15) is 9.66 Å². The van der Waals surface area contributed by atoms with Crippen molar-refractivity contribution in [1.82, 2.24) is 4.72 Å². The second kappa shape index (κ2) is 4.52. The molecule has 0 amide bonds. The SMILES string of the molecule is [B]C1(N[S+]([O-])C(C)(C)C)CCC(C)(O)CC1. The van der Waals surface area contributed by atoms with Crippen LogP contribution in [-0.2, 0) is 11.4 Å². The Bertz CT molecular complexity index is 243. The monoisotopic (exact) mass is 243 g/mol. The second-order valence-electron chi connectivity index (χ2n) is 6.14. The Labute approximate surface area is 103 Å². The van der Waals surface area contributed by atoms with E-state index in [1.54, 1.807) is 0 Å². The zero-order chi connectivity index (χ0) is 12.6. The minimum Gasteiger partial charge on any atom is -0.598 e. The molecule has 1 unspecified atom stereocenters. The van der Waals surface area contributed by atoms with E-state index in [-0.39, 0.29) is 4.75 Å². The molecule has 1 rings (SSSR count). The summed E-state index contributed by atoms with van der Waals surface area (Å²) in [5.74, 6) is 0. The highest BCUT2D eigenvalue weighted by Gasteiger charge is 2.40. The van der Waals surface area contributed by atoms with Gasteiger partial charge in [-0.1, -0.05) is 0 Å². The molecule has 0 saturated heterocycles. The summed E-state index contributed by atoms with van der Waals surface area (Å²) in [4.78, 5) is 0. The molecule has 1 aliphatic rings. The van der Waals surface area contributed by atoms with Crippen LogP contribution in [0.25, 0.3) is 0 Å². The molecule has 0 spiro atoms. The summed E-state index contributed by atoms with van der Waals surface area (Å²) in [5.41, 5.74) is -1.21. The van der Waals surface area contributed by atoms with Crippen molar-refractivity contribution in [1.29, 1.82) is 0 Å². The van der Waals surface area contributed by atoms with Gasteiger partial charge in [-0.2, -0.15) is 0 Å². The second-order valence-corrected chi connectivity index (χ2v) is 8.10. The summed E-state index contributed by atoms with van der Waals surface area (Å²) in [6, 6.07) is 0. The molecule has 0 bridgehead atoms.